The zero-order chi connectivity index (χ0) is 13.1. The van der Waals surface area contributed by atoms with Gasteiger partial charge in [-0.15, -0.1) is 0 Å². The molecule has 0 aliphatic carbocycles. The molecule has 2 unspecified atom stereocenters. The third-order valence-corrected chi connectivity index (χ3v) is 3.37. The molecule has 1 aromatic rings. The Bertz CT molecular complexity index is 386. The molecule has 0 aromatic carbocycles. The standard InChI is InChI=1S/C11H21N7/c1-7(12)8-3-2-4-18(5-8)6-9-15-10(13)17-11(14)16-9/h7-8H,2-6,12H2,1H3,(H4,13,14,15,16,17). The van der Waals surface area contributed by atoms with E-state index in [1.807, 2.05) is 0 Å². The summed E-state index contributed by atoms with van der Waals surface area (Å²) in [6.45, 7) is 4.73. The smallest absolute Gasteiger partial charge is 0.225 e. The van der Waals surface area contributed by atoms with Gasteiger partial charge in [0.05, 0.1) is 6.54 Å². The molecule has 2 heterocycles. The van der Waals surface area contributed by atoms with Crippen LogP contribution in [0.25, 0.3) is 0 Å². The SMILES string of the molecule is CC(N)C1CCCN(Cc2nc(N)nc(N)n2)C1. The van der Waals surface area contributed by atoms with E-state index in [1.54, 1.807) is 0 Å². The Balaban J connectivity index is 2.00. The fourth-order valence-corrected chi connectivity index (χ4v) is 2.39. The lowest BCUT2D eigenvalue weighted by atomic mass is 9.92. The predicted octanol–water partition coefficient (Wildman–Crippen LogP) is -0.405. The van der Waals surface area contributed by atoms with Crippen molar-refractivity contribution in [1.29, 1.82) is 0 Å². The molecule has 2 atom stereocenters. The second-order valence-corrected chi connectivity index (χ2v) is 4.96. The van der Waals surface area contributed by atoms with Crippen molar-refractivity contribution in [2.24, 2.45) is 11.7 Å². The van der Waals surface area contributed by atoms with Gasteiger partial charge in [-0.1, -0.05) is 0 Å². The molecule has 18 heavy (non-hydrogen) atoms. The monoisotopic (exact) mass is 251 g/mol. The maximum atomic E-state index is 5.96. The first-order chi connectivity index (χ1) is 8.54. The van der Waals surface area contributed by atoms with Gasteiger partial charge >= 0.3 is 0 Å². The Labute approximate surface area is 107 Å². The zero-order valence-corrected chi connectivity index (χ0v) is 10.7. The Kier molecular flexibility index (Phi) is 3.93. The molecule has 7 heteroatoms. The molecule has 100 valence electrons. The van der Waals surface area contributed by atoms with Gasteiger partial charge in [0.15, 0.2) is 0 Å². The molecular weight excluding hydrogens is 230 g/mol. The zero-order valence-electron chi connectivity index (χ0n) is 10.7. The summed E-state index contributed by atoms with van der Waals surface area (Å²) in [4.78, 5) is 14.3. The highest BCUT2D eigenvalue weighted by molar-refractivity contribution is 5.25. The Morgan fingerprint density at radius 1 is 1.28 bits per heavy atom. The highest BCUT2D eigenvalue weighted by atomic mass is 15.2. The van der Waals surface area contributed by atoms with Crippen molar-refractivity contribution in [3.8, 4) is 0 Å². The van der Waals surface area contributed by atoms with Gasteiger partial charge in [-0.2, -0.15) is 15.0 Å². The lowest BCUT2D eigenvalue weighted by Crippen LogP contribution is -2.42. The molecule has 2 rings (SSSR count). The highest BCUT2D eigenvalue weighted by Gasteiger charge is 2.23. The van der Waals surface area contributed by atoms with Crippen LogP contribution >= 0.6 is 0 Å². The summed E-state index contributed by atoms with van der Waals surface area (Å²) >= 11 is 0. The number of nitrogens with zero attached hydrogens (tertiary/aromatic N) is 4. The van der Waals surface area contributed by atoms with E-state index in [4.69, 9.17) is 17.2 Å². The van der Waals surface area contributed by atoms with Crippen molar-refractivity contribution in [1.82, 2.24) is 19.9 Å². The molecule has 1 aliphatic heterocycles. The molecular formula is C11H21N7. The number of piperidine rings is 1. The molecule has 1 aliphatic rings. The van der Waals surface area contributed by atoms with Crippen molar-refractivity contribution < 1.29 is 0 Å². The van der Waals surface area contributed by atoms with E-state index in [9.17, 15) is 0 Å². The van der Waals surface area contributed by atoms with E-state index in [2.05, 4.69) is 26.8 Å². The molecule has 6 N–H and O–H groups in total. The van der Waals surface area contributed by atoms with Crippen LogP contribution in [0.2, 0.25) is 0 Å². The second-order valence-electron chi connectivity index (χ2n) is 4.96. The Morgan fingerprint density at radius 3 is 2.56 bits per heavy atom. The number of nitrogens with two attached hydrogens (primary N) is 3. The maximum absolute atomic E-state index is 5.96. The van der Waals surface area contributed by atoms with Gasteiger partial charge in [0.1, 0.15) is 5.82 Å². The largest absolute Gasteiger partial charge is 0.368 e. The van der Waals surface area contributed by atoms with Crippen LogP contribution in [0, 0.1) is 5.92 Å². The molecule has 0 spiro atoms. The number of hydrogen-bond donors (Lipinski definition) is 3. The maximum Gasteiger partial charge on any atom is 0.225 e. The van der Waals surface area contributed by atoms with E-state index in [0.29, 0.717) is 18.3 Å². The van der Waals surface area contributed by atoms with Gasteiger partial charge < -0.3 is 17.2 Å². The van der Waals surface area contributed by atoms with Gasteiger partial charge in [0, 0.05) is 12.6 Å². The topological polar surface area (TPSA) is 120 Å². The van der Waals surface area contributed by atoms with Crippen molar-refractivity contribution >= 4 is 11.9 Å². The normalized spacial score (nSPS) is 22.9. The van der Waals surface area contributed by atoms with Crippen LogP contribution in [-0.4, -0.2) is 39.0 Å². The van der Waals surface area contributed by atoms with Crippen molar-refractivity contribution in [2.45, 2.75) is 32.4 Å². The van der Waals surface area contributed by atoms with Gasteiger partial charge in [-0.25, -0.2) is 0 Å². The summed E-state index contributed by atoms with van der Waals surface area (Å²) in [6, 6.07) is 0.223. The van der Waals surface area contributed by atoms with Crippen LogP contribution in [0.15, 0.2) is 0 Å². The first kappa shape index (κ1) is 13.0. The van der Waals surface area contributed by atoms with Crippen molar-refractivity contribution in [3.63, 3.8) is 0 Å². The van der Waals surface area contributed by atoms with Crippen LogP contribution in [0.3, 0.4) is 0 Å². The molecule has 1 saturated heterocycles. The Hall–Kier alpha value is -1.47. The van der Waals surface area contributed by atoms with E-state index in [0.717, 1.165) is 19.5 Å². The number of hydrogen-bond acceptors (Lipinski definition) is 7. The van der Waals surface area contributed by atoms with Crippen molar-refractivity contribution in [2.75, 3.05) is 24.6 Å². The van der Waals surface area contributed by atoms with E-state index < -0.39 is 0 Å². The molecule has 7 nitrogen and oxygen atoms in total. The highest BCUT2D eigenvalue weighted by Crippen LogP contribution is 2.19. The summed E-state index contributed by atoms with van der Waals surface area (Å²) in [5.41, 5.74) is 17.1. The van der Waals surface area contributed by atoms with Crippen LogP contribution < -0.4 is 17.2 Å². The van der Waals surface area contributed by atoms with E-state index >= 15 is 0 Å². The molecule has 1 aromatic heterocycles. The molecule has 0 bridgehead atoms. The Morgan fingerprint density at radius 2 is 1.94 bits per heavy atom. The average Bonchev–Trinajstić information content (AvgIpc) is 2.27. The predicted molar refractivity (Wildman–Crippen MR) is 70.3 cm³/mol. The molecule has 0 saturated carbocycles. The van der Waals surface area contributed by atoms with Gasteiger partial charge in [-0.05, 0) is 32.2 Å². The van der Waals surface area contributed by atoms with Gasteiger partial charge in [-0.3, -0.25) is 4.90 Å². The van der Waals surface area contributed by atoms with Crippen molar-refractivity contribution in [3.05, 3.63) is 5.82 Å². The molecule has 1 fully saturated rings. The lowest BCUT2D eigenvalue weighted by Gasteiger charge is -2.34. The number of anilines is 2. The van der Waals surface area contributed by atoms with Gasteiger partial charge in [0.25, 0.3) is 0 Å². The summed E-state index contributed by atoms with van der Waals surface area (Å²) < 4.78 is 0. The summed E-state index contributed by atoms with van der Waals surface area (Å²) in [5, 5.41) is 0. The number of nitrogen functional groups attached to an aromatic ring is 2. The summed E-state index contributed by atoms with van der Waals surface area (Å²) in [6.07, 6.45) is 2.35. The van der Waals surface area contributed by atoms with Gasteiger partial charge in [0.2, 0.25) is 11.9 Å². The summed E-state index contributed by atoms with van der Waals surface area (Å²) in [7, 11) is 0. The van der Waals surface area contributed by atoms with E-state index in [1.165, 1.54) is 6.42 Å². The summed E-state index contributed by atoms with van der Waals surface area (Å²) in [5.74, 6) is 1.53. The third-order valence-electron chi connectivity index (χ3n) is 3.37. The third kappa shape index (κ3) is 3.27. The lowest BCUT2D eigenvalue weighted by molar-refractivity contribution is 0.151. The molecule has 0 radical (unpaired) electrons. The van der Waals surface area contributed by atoms with Crippen LogP contribution in [0.5, 0.6) is 0 Å². The number of rotatable bonds is 3. The first-order valence-corrected chi connectivity index (χ1v) is 6.28. The first-order valence-electron chi connectivity index (χ1n) is 6.28. The minimum absolute atomic E-state index is 0.179. The fraction of sp³-hybridized carbons (Fsp3) is 0.727. The van der Waals surface area contributed by atoms with Crippen LogP contribution in [-0.2, 0) is 6.54 Å². The minimum Gasteiger partial charge on any atom is -0.368 e. The number of aromatic nitrogens is 3. The van der Waals surface area contributed by atoms with Crippen LogP contribution in [0.4, 0.5) is 11.9 Å². The number of likely N-dealkylation sites (tertiary alicyclic amines) is 1. The second kappa shape index (κ2) is 5.45. The average molecular weight is 251 g/mol. The van der Waals surface area contributed by atoms with Crippen LogP contribution in [0.1, 0.15) is 25.6 Å². The molecule has 0 amide bonds. The fourth-order valence-electron chi connectivity index (χ4n) is 2.39. The van der Waals surface area contributed by atoms with E-state index in [-0.39, 0.29) is 17.9 Å². The quantitative estimate of drug-likeness (QED) is 0.668. The minimum atomic E-state index is 0.179.